The zero-order valence-corrected chi connectivity index (χ0v) is 10.5. The molecule has 0 unspecified atom stereocenters. The van der Waals surface area contributed by atoms with Gasteiger partial charge in [-0.2, -0.15) is 0 Å². The van der Waals surface area contributed by atoms with E-state index in [0.717, 1.165) is 10.9 Å². The Kier molecular flexibility index (Phi) is 3.64. The highest BCUT2D eigenvalue weighted by Crippen LogP contribution is 2.21. The lowest BCUT2D eigenvalue weighted by Crippen LogP contribution is -1.97. The summed E-state index contributed by atoms with van der Waals surface area (Å²) in [6.45, 7) is 2.08. The maximum absolute atomic E-state index is 11.0. The van der Waals surface area contributed by atoms with Gasteiger partial charge in [-0.1, -0.05) is 42.2 Å². The molecule has 2 nitrogen and oxygen atoms in total. The second kappa shape index (κ2) is 5.37. The van der Waals surface area contributed by atoms with Gasteiger partial charge in [-0.15, -0.1) is 0 Å². The first-order valence-electron chi connectivity index (χ1n) is 5.76. The van der Waals surface area contributed by atoms with E-state index in [2.05, 4.69) is 29.6 Å². The van der Waals surface area contributed by atoms with Crippen LogP contribution in [0.5, 0.6) is 0 Å². The van der Waals surface area contributed by atoms with Crippen LogP contribution >= 0.6 is 0 Å². The van der Waals surface area contributed by atoms with Crippen LogP contribution in [0.25, 0.3) is 10.8 Å². The summed E-state index contributed by atoms with van der Waals surface area (Å²) in [4.78, 5) is 11.0. The molecule has 18 heavy (non-hydrogen) atoms. The van der Waals surface area contributed by atoms with E-state index in [9.17, 15) is 4.79 Å². The number of benzene rings is 2. The highest BCUT2D eigenvalue weighted by Gasteiger charge is 2.00. The number of methoxy groups -OCH3 is 1. The lowest BCUT2D eigenvalue weighted by atomic mass is 10.0. The summed E-state index contributed by atoms with van der Waals surface area (Å²) in [6.07, 6.45) is 0.124. The Balaban J connectivity index is 2.40. The summed E-state index contributed by atoms with van der Waals surface area (Å²) in [7, 11) is 1.37. The number of carbonyl (C=O) groups excluding carboxylic acids is 1. The minimum atomic E-state index is -0.307. The van der Waals surface area contributed by atoms with E-state index in [0.29, 0.717) is 0 Å². The SMILES string of the molecule is COC(=O)CC#Cc1ccc(C)c2ccccc12. The van der Waals surface area contributed by atoms with E-state index in [1.54, 1.807) is 0 Å². The van der Waals surface area contributed by atoms with Gasteiger partial charge in [-0.25, -0.2) is 0 Å². The molecule has 0 atom stereocenters. The molecular formula is C16H14O2. The molecular weight excluding hydrogens is 224 g/mol. The number of fused-ring (bicyclic) bond motifs is 1. The second-order valence-electron chi connectivity index (χ2n) is 4.03. The van der Waals surface area contributed by atoms with E-state index in [-0.39, 0.29) is 12.4 Å². The molecule has 0 bridgehead atoms. The number of esters is 1. The molecule has 2 heteroatoms. The Bertz CT molecular complexity index is 645. The first kappa shape index (κ1) is 12.2. The molecule has 0 N–H and O–H groups in total. The van der Waals surface area contributed by atoms with Crippen LogP contribution in [0, 0.1) is 18.8 Å². The Labute approximate surface area is 107 Å². The number of carbonyl (C=O) groups is 1. The molecule has 2 rings (SSSR count). The molecule has 0 saturated carbocycles. The fraction of sp³-hybridized carbons (Fsp3) is 0.188. The van der Waals surface area contributed by atoms with Crippen LogP contribution in [0.3, 0.4) is 0 Å². The topological polar surface area (TPSA) is 26.3 Å². The fourth-order valence-corrected chi connectivity index (χ4v) is 1.84. The molecule has 0 spiro atoms. The number of ether oxygens (including phenoxy) is 1. The van der Waals surface area contributed by atoms with Crippen LogP contribution in [0.4, 0.5) is 0 Å². The minimum Gasteiger partial charge on any atom is -0.468 e. The maximum atomic E-state index is 11.0. The standard InChI is InChI=1S/C16H14O2/c1-12-10-11-13(6-5-9-16(17)18-2)15-8-4-3-7-14(12)15/h3-4,7-8,10-11H,9H2,1-2H3. The molecule has 0 radical (unpaired) electrons. The van der Waals surface area contributed by atoms with Gasteiger partial charge in [0.2, 0.25) is 0 Å². The quantitative estimate of drug-likeness (QED) is 0.564. The molecule has 0 aromatic heterocycles. The minimum absolute atomic E-state index is 0.124. The van der Waals surface area contributed by atoms with Gasteiger partial charge in [0, 0.05) is 5.56 Å². The zero-order valence-electron chi connectivity index (χ0n) is 10.5. The first-order valence-corrected chi connectivity index (χ1v) is 5.76. The van der Waals surface area contributed by atoms with Gasteiger partial charge >= 0.3 is 5.97 Å². The van der Waals surface area contributed by atoms with Gasteiger partial charge in [0.15, 0.2) is 0 Å². The molecule has 0 saturated heterocycles. The van der Waals surface area contributed by atoms with Crippen molar-refractivity contribution in [3.8, 4) is 11.8 Å². The predicted octanol–water partition coefficient (Wildman–Crippen LogP) is 3.06. The molecule has 2 aromatic rings. The second-order valence-corrected chi connectivity index (χ2v) is 4.03. The van der Waals surface area contributed by atoms with E-state index >= 15 is 0 Å². The molecule has 90 valence electrons. The number of rotatable bonds is 1. The monoisotopic (exact) mass is 238 g/mol. The summed E-state index contributed by atoms with van der Waals surface area (Å²) >= 11 is 0. The summed E-state index contributed by atoms with van der Waals surface area (Å²) < 4.78 is 4.55. The van der Waals surface area contributed by atoms with Crippen molar-refractivity contribution in [2.75, 3.05) is 7.11 Å². The molecule has 0 amide bonds. The lowest BCUT2D eigenvalue weighted by molar-refractivity contribution is -0.139. The van der Waals surface area contributed by atoms with Crippen molar-refractivity contribution in [3.05, 3.63) is 47.5 Å². The molecule has 0 fully saturated rings. The summed E-state index contributed by atoms with van der Waals surface area (Å²) in [5, 5.41) is 2.32. The van der Waals surface area contributed by atoms with Crippen LogP contribution in [-0.4, -0.2) is 13.1 Å². The van der Waals surface area contributed by atoms with Crippen molar-refractivity contribution >= 4 is 16.7 Å². The molecule has 0 aliphatic rings. The predicted molar refractivity (Wildman–Crippen MR) is 72.2 cm³/mol. The Morgan fingerprint density at radius 2 is 1.89 bits per heavy atom. The lowest BCUT2D eigenvalue weighted by Gasteiger charge is -2.03. The van der Waals surface area contributed by atoms with Gasteiger partial charge in [0.25, 0.3) is 0 Å². The van der Waals surface area contributed by atoms with E-state index in [1.165, 1.54) is 18.1 Å². The van der Waals surface area contributed by atoms with Gasteiger partial charge < -0.3 is 4.74 Å². The average Bonchev–Trinajstić information content (AvgIpc) is 2.41. The molecule has 2 aromatic carbocycles. The van der Waals surface area contributed by atoms with Crippen molar-refractivity contribution in [2.45, 2.75) is 13.3 Å². The summed E-state index contributed by atoms with van der Waals surface area (Å²) in [6, 6.07) is 12.2. The Hall–Kier alpha value is -2.27. The van der Waals surface area contributed by atoms with E-state index in [4.69, 9.17) is 0 Å². The van der Waals surface area contributed by atoms with Crippen molar-refractivity contribution in [2.24, 2.45) is 0 Å². The van der Waals surface area contributed by atoms with E-state index < -0.39 is 0 Å². The molecule has 0 heterocycles. The highest BCUT2D eigenvalue weighted by molar-refractivity contribution is 5.90. The Morgan fingerprint density at radius 1 is 1.17 bits per heavy atom. The maximum Gasteiger partial charge on any atom is 0.317 e. The van der Waals surface area contributed by atoms with Gasteiger partial charge in [-0.05, 0) is 29.3 Å². The van der Waals surface area contributed by atoms with Crippen LogP contribution < -0.4 is 0 Å². The summed E-state index contributed by atoms with van der Waals surface area (Å²) in [5.74, 6) is 5.56. The average molecular weight is 238 g/mol. The van der Waals surface area contributed by atoms with E-state index in [1.807, 2.05) is 30.3 Å². The van der Waals surface area contributed by atoms with Crippen LogP contribution in [-0.2, 0) is 9.53 Å². The largest absolute Gasteiger partial charge is 0.468 e. The fourth-order valence-electron chi connectivity index (χ4n) is 1.84. The Morgan fingerprint density at radius 3 is 2.61 bits per heavy atom. The van der Waals surface area contributed by atoms with Crippen LogP contribution in [0.15, 0.2) is 36.4 Å². The molecule has 0 aliphatic carbocycles. The van der Waals surface area contributed by atoms with Crippen LogP contribution in [0.2, 0.25) is 0 Å². The highest BCUT2D eigenvalue weighted by atomic mass is 16.5. The first-order chi connectivity index (χ1) is 8.72. The number of aryl methyl sites for hydroxylation is 1. The van der Waals surface area contributed by atoms with Gasteiger partial charge in [0.05, 0.1) is 7.11 Å². The summed E-state index contributed by atoms with van der Waals surface area (Å²) in [5.41, 5.74) is 2.17. The van der Waals surface area contributed by atoms with Crippen molar-refractivity contribution in [1.82, 2.24) is 0 Å². The third-order valence-corrected chi connectivity index (χ3v) is 2.83. The third-order valence-electron chi connectivity index (χ3n) is 2.83. The smallest absolute Gasteiger partial charge is 0.317 e. The number of hydrogen-bond acceptors (Lipinski definition) is 2. The van der Waals surface area contributed by atoms with Crippen molar-refractivity contribution in [1.29, 1.82) is 0 Å². The van der Waals surface area contributed by atoms with Crippen molar-refractivity contribution < 1.29 is 9.53 Å². The normalized spacial score (nSPS) is 9.67. The zero-order chi connectivity index (χ0) is 13.0. The van der Waals surface area contributed by atoms with Crippen LogP contribution in [0.1, 0.15) is 17.5 Å². The third kappa shape index (κ3) is 2.52. The van der Waals surface area contributed by atoms with Gasteiger partial charge in [0.1, 0.15) is 6.42 Å². The molecule has 0 aliphatic heterocycles. The number of hydrogen-bond donors (Lipinski definition) is 0. The van der Waals surface area contributed by atoms with Crippen molar-refractivity contribution in [3.63, 3.8) is 0 Å². The van der Waals surface area contributed by atoms with Gasteiger partial charge in [-0.3, -0.25) is 4.79 Å².